The molecular weight excluding hydrogens is 136 g/mol. The Morgan fingerprint density at radius 2 is 1.90 bits per heavy atom. The van der Waals surface area contributed by atoms with Gasteiger partial charge in [-0.05, 0) is 0 Å². The van der Waals surface area contributed by atoms with Crippen LogP contribution in [0.5, 0.6) is 0 Å². The predicted molar refractivity (Wildman–Crippen MR) is 34.1 cm³/mol. The van der Waals surface area contributed by atoms with E-state index in [-0.39, 0.29) is 6.61 Å². The molecule has 4 nitrogen and oxygen atoms in total. The fourth-order valence-electron chi connectivity index (χ4n) is 0.427. The Balaban J connectivity index is 4.19. The van der Waals surface area contributed by atoms with E-state index in [0.717, 1.165) is 0 Å². The first kappa shape index (κ1) is 9.55. The summed E-state index contributed by atoms with van der Waals surface area (Å²) in [6, 6.07) is 0. The standard InChI is InChI=1S/C6H12O4/c1-6(2,3-7)4(8)5(9)10/h5,7,9-10H,3H2,1-2H3. The molecule has 0 saturated carbocycles. The molecule has 0 heterocycles. The van der Waals surface area contributed by atoms with Crippen molar-refractivity contribution in [2.24, 2.45) is 5.41 Å². The number of hydrogen-bond donors (Lipinski definition) is 3. The predicted octanol–water partition coefficient (Wildman–Crippen LogP) is -1.12. The van der Waals surface area contributed by atoms with Crippen LogP contribution in [0, 0.1) is 5.41 Å². The summed E-state index contributed by atoms with van der Waals surface area (Å²) in [5, 5.41) is 25.3. The second-order valence-electron chi connectivity index (χ2n) is 2.78. The van der Waals surface area contributed by atoms with Gasteiger partial charge in [-0.25, -0.2) is 0 Å². The molecular formula is C6H12O4. The molecule has 0 radical (unpaired) electrons. The first-order chi connectivity index (χ1) is 4.41. The number of ketones is 1. The summed E-state index contributed by atoms with van der Waals surface area (Å²) in [4.78, 5) is 10.7. The molecule has 0 saturated heterocycles. The zero-order valence-electron chi connectivity index (χ0n) is 6.03. The Kier molecular flexibility index (Phi) is 2.96. The van der Waals surface area contributed by atoms with Gasteiger partial charge in [0.25, 0.3) is 0 Å². The van der Waals surface area contributed by atoms with E-state index < -0.39 is 17.5 Å². The summed E-state index contributed by atoms with van der Waals surface area (Å²) in [6.45, 7) is 2.49. The number of carbonyl (C=O) groups excluding carboxylic acids is 1. The van der Waals surface area contributed by atoms with Gasteiger partial charge in [-0.2, -0.15) is 0 Å². The fourth-order valence-corrected chi connectivity index (χ4v) is 0.427. The molecule has 0 atom stereocenters. The Bertz CT molecular complexity index is 128. The van der Waals surface area contributed by atoms with Crippen molar-refractivity contribution in [2.75, 3.05) is 6.61 Å². The molecule has 3 N–H and O–H groups in total. The van der Waals surface area contributed by atoms with E-state index in [1.165, 1.54) is 13.8 Å². The largest absolute Gasteiger partial charge is 0.395 e. The summed E-state index contributed by atoms with van der Waals surface area (Å²) >= 11 is 0. The van der Waals surface area contributed by atoms with Gasteiger partial charge in [0.2, 0.25) is 6.29 Å². The normalized spacial score (nSPS) is 12.2. The fraction of sp³-hybridized carbons (Fsp3) is 0.833. The van der Waals surface area contributed by atoms with Crippen LogP contribution in [0.2, 0.25) is 0 Å². The maximum atomic E-state index is 10.7. The third kappa shape index (κ3) is 2.06. The number of rotatable bonds is 3. The molecule has 0 aromatic rings. The zero-order chi connectivity index (χ0) is 8.36. The maximum absolute atomic E-state index is 10.7. The van der Waals surface area contributed by atoms with Crippen molar-refractivity contribution in [1.29, 1.82) is 0 Å². The molecule has 0 fully saturated rings. The third-order valence-electron chi connectivity index (χ3n) is 1.30. The van der Waals surface area contributed by atoms with Crippen LogP contribution in [0.15, 0.2) is 0 Å². The lowest BCUT2D eigenvalue weighted by Crippen LogP contribution is -2.36. The smallest absolute Gasteiger partial charge is 0.213 e. The van der Waals surface area contributed by atoms with Gasteiger partial charge in [0.1, 0.15) is 0 Å². The van der Waals surface area contributed by atoms with E-state index in [4.69, 9.17) is 15.3 Å². The van der Waals surface area contributed by atoms with Crippen LogP contribution in [0.3, 0.4) is 0 Å². The minimum absolute atomic E-state index is 0.385. The van der Waals surface area contributed by atoms with Crippen molar-refractivity contribution in [3.05, 3.63) is 0 Å². The molecule has 0 aromatic carbocycles. The molecule has 0 aliphatic rings. The highest BCUT2D eigenvalue weighted by molar-refractivity contribution is 5.86. The average Bonchev–Trinajstić information content (AvgIpc) is 1.86. The average molecular weight is 148 g/mol. The Morgan fingerprint density at radius 1 is 1.50 bits per heavy atom. The van der Waals surface area contributed by atoms with Gasteiger partial charge in [-0.15, -0.1) is 0 Å². The number of aliphatic hydroxyl groups excluding tert-OH is 2. The van der Waals surface area contributed by atoms with E-state index in [1.54, 1.807) is 0 Å². The summed E-state index contributed by atoms with van der Waals surface area (Å²) in [5.74, 6) is -0.769. The van der Waals surface area contributed by atoms with Crippen molar-refractivity contribution in [1.82, 2.24) is 0 Å². The van der Waals surface area contributed by atoms with Gasteiger partial charge in [-0.3, -0.25) is 4.79 Å². The quantitative estimate of drug-likeness (QED) is 0.443. The molecule has 0 aliphatic carbocycles. The van der Waals surface area contributed by atoms with E-state index in [2.05, 4.69) is 0 Å². The van der Waals surface area contributed by atoms with E-state index in [0.29, 0.717) is 0 Å². The Hall–Kier alpha value is -0.450. The van der Waals surface area contributed by atoms with Crippen LogP contribution >= 0.6 is 0 Å². The van der Waals surface area contributed by atoms with E-state index in [9.17, 15) is 4.79 Å². The van der Waals surface area contributed by atoms with Gasteiger partial charge in [0, 0.05) is 0 Å². The second kappa shape index (κ2) is 3.09. The molecule has 0 aromatic heterocycles. The Morgan fingerprint density at radius 3 is 2.00 bits per heavy atom. The molecule has 0 rings (SSSR count). The number of hydrogen-bond acceptors (Lipinski definition) is 4. The third-order valence-corrected chi connectivity index (χ3v) is 1.30. The van der Waals surface area contributed by atoms with Gasteiger partial charge in [-0.1, -0.05) is 13.8 Å². The van der Waals surface area contributed by atoms with Gasteiger partial charge >= 0.3 is 0 Å². The molecule has 0 spiro atoms. The highest BCUT2D eigenvalue weighted by Crippen LogP contribution is 2.16. The van der Waals surface area contributed by atoms with Crippen molar-refractivity contribution in [3.8, 4) is 0 Å². The number of Topliss-reactive ketones (excluding diaryl/α,β-unsaturated/α-hetero) is 1. The van der Waals surface area contributed by atoms with Crippen molar-refractivity contribution >= 4 is 5.78 Å². The molecule has 4 heteroatoms. The molecule has 0 amide bonds. The minimum atomic E-state index is -1.98. The van der Waals surface area contributed by atoms with Crippen LogP contribution in [0.25, 0.3) is 0 Å². The zero-order valence-corrected chi connectivity index (χ0v) is 6.03. The maximum Gasteiger partial charge on any atom is 0.213 e. The van der Waals surface area contributed by atoms with Gasteiger partial charge in [0.05, 0.1) is 12.0 Å². The molecule has 60 valence electrons. The topological polar surface area (TPSA) is 77.8 Å². The monoisotopic (exact) mass is 148 g/mol. The van der Waals surface area contributed by atoms with Crippen molar-refractivity contribution in [3.63, 3.8) is 0 Å². The SMILES string of the molecule is CC(C)(CO)C(=O)C(O)O. The molecule has 0 bridgehead atoms. The van der Waals surface area contributed by atoms with Gasteiger partial charge < -0.3 is 15.3 Å². The Labute approximate surface area is 59.1 Å². The number of aliphatic hydroxyl groups is 3. The van der Waals surface area contributed by atoms with Crippen LogP contribution < -0.4 is 0 Å². The summed E-state index contributed by atoms with van der Waals surface area (Å²) in [5.41, 5.74) is -1.06. The summed E-state index contributed by atoms with van der Waals surface area (Å²) < 4.78 is 0. The van der Waals surface area contributed by atoms with Gasteiger partial charge in [0.15, 0.2) is 5.78 Å². The minimum Gasteiger partial charge on any atom is -0.395 e. The molecule has 0 aliphatic heterocycles. The first-order valence-electron chi connectivity index (χ1n) is 2.93. The second-order valence-corrected chi connectivity index (χ2v) is 2.78. The highest BCUT2D eigenvalue weighted by Gasteiger charge is 2.30. The van der Waals surface area contributed by atoms with Crippen LogP contribution in [0.1, 0.15) is 13.8 Å². The lowest BCUT2D eigenvalue weighted by Gasteiger charge is -2.20. The first-order valence-corrected chi connectivity index (χ1v) is 2.93. The van der Waals surface area contributed by atoms with E-state index >= 15 is 0 Å². The van der Waals surface area contributed by atoms with Crippen LogP contribution in [-0.2, 0) is 4.79 Å². The molecule has 0 unspecified atom stereocenters. The lowest BCUT2D eigenvalue weighted by molar-refractivity contribution is -0.156. The highest BCUT2D eigenvalue weighted by atomic mass is 16.5. The van der Waals surface area contributed by atoms with Crippen molar-refractivity contribution < 1.29 is 20.1 Å². The molecule has 10 heavy (non-hydrogen) atoms. The van der Waals surface area contributed by atoms with Crippen LogP contribution in [-0.4, -0.2) is 34.0 Å². The van der Waals surface area contributed by atoms with Crippen molar-refractivity contribution in [2.45, 2.75) is 20.1 Å². The van der Waals surface area contributed by atoms with Crippen LogP contribution in [0.4, 0.5) is 0 Å². The number of carbonyl (C=O) groups is 1. The summed E-state index contributed by atoms with van der Waals surface area (Å²) in [6.07, 6.45) is -1.98. The summed E-state index contributed by atoms with van der Waals surface area (Å²) in [7, 11) is 0. The lowest BCUT2D eigenvalue weighted by atomic mass is 9.89. The van der Waals surface area contributed by atoms with E-state index in [1.807, 2.05) is 0 Å².